The highest BCUT2D eigenvalue weighted by atomic mass is 79.9. The van der Waals surface area contributed by atoms with Crippen molar-refractivity contribution in [3.8, 4) is 0 Å². The quantitative estimate of drug-likeness (QED) is 0.841. The molecular formula is C9H12BrN3O. The Morgan fingerprint density at radius 2 is 2.00 bits per heavy atom. The molecule has 0 aliphatic carbocycles. The molecule has 1 amide bonds. The summed E-state index contributed by atoms with van der Waals surface area (Å²) in [6, 6.07) is 0. The van der Waals surface area contributed by atoms with Crippen molar-refractivity contribution in [1.82, 2.24) is 9.97 Å². The van der Waals surface area contributed by atoms with E-state index in [9.17, 15) is 4.79 Å². The summed E-state index contributed by atoms with van der Waals surface area (Å²) in [6.45, 7) is 3.95. The molecule has 76 valence electrons. The van der Waals surface area contributed by atoms with E-state index in [1.807, 2.05) is 13.8 Å². The van der Waals surface area contributed by atoms with Crippen LogP contribution in [0.25, 0.3) is 0 Å². The summed E-state index contributed by atoms with van der Waals surface area (Å²) in [5, 5.41) is 2.71. The van der Waals surface area contributed by atoms with E-state index in [1.54, 1.807) is 12.4 Å². The van der Waals surface area contributed by atoms with Gasteiger partial charge in [-0.2, -0.15) is 0 Å². The van der Waals surface area contributed by atoms with Crippen LogP contribution >= 0.6 is 15.9 Å². The Bertz CT molecular complexity index is 302. The second-order valence-corrected chi connectivity index (χ2v) is 4.25. The van der Waals surface area contributed by atoms with E-state index in [-0.39, 0.29) is 16.7 Å². The van der Waals surface area contributed by atoms with Crippen molar-refractivity contribution in [2.45, 2.75) is 18.7 Å². The second-order valence-electron chi connectivity index (χ2n) is 3.26. The average molecular weight is 258 g/mol. The summed E-state index contributed by atoms with van der Waals surface area (Å²) in [5.74, 6) is 0.175. The summed E-state index contributed by atoms with van der Waals surface area (Å²) in [7, 11) is 0. The molecule has 0 aromatic carbocycles. The van der Waals surface area contributed by atoms with Crippen molar-refractivity contribution in [3.05, 3.63) is 18.7 Å². The molecule has 0 aliphatic heterocycles. The molecule has 5 heteroatoms. The highest BCUT2D eigenvalue weighted by Gasteiger charge is 2.18. The number of nitrogens with one attached hydrogen (secondary N) is 1. The van der Waals surface area contributed by atoms with Gasteiger partial charge in [0.1, 0.15) is 6.33 Å². The molecule has 1 heterocycles. The third-order valence-corrected chi connectivity index (χ3v) is 3.14. The molecule has 0 aliphatic rings. The maximum Gasteiger partial charge on any atom is 0.238 e. The fourth-order valence-electron chi connectivity index (χ4n) is 0.878. The van der Waals surface area contributed by atoms with Crippen LogP contribution in [0.5, 0.6) is 0 Å². The number of amides is 1. The maximum absolute atomic E-state index is 11.5. The molecule has 1 unspecified atom stereocenters. The summed E-state index contributed by atoms with van der Waals surface area (Å²) in [6.07, 6.45) is 4.54. The SMILES string of the molecule is CC(C)C(Br)C(=O)Nc1cncnc1. The number of aromatic nitrogens is 2. The zero-order valence-electron chi connectivity index (χ0n) is 8.07. The first kappa shape index (κ1) is 11.1. The van der Waals surface area contributed by atoms with Crippen LogP contribution in [0.3, 0.4) is 0 Å². The van der Waals surface area contributed by atoms with E-state index >= 15 is 0 Å². The van der Waals surface area contributed by atoms with Gasteiger partial charge < -0.3 is 5.32 Å². The number of rotatable bonds is 3. The topological polar surface area (TPSA) is 54.9 Å². The van der Waals surface area contributed by atoms with Crippen LogP contribution < -0.4 is 5.32 Å². The molecule has 1 rings (SSSR count). The standard InChI is InChI=1S/C9H12BrN3O/c1-6(2)8(10)9(14)13-7-3-11-5-12-4-7/h3-6,8H,1-2H3,(H,13,14). The van der Waals surface area contributed by atoms with Crippen LogP contribution in [-0.2, 0) is 4.79 Å². The minimum atomic E-state index is -0.192. The lowest BCUT2D eigenvalue weighted by Crippen LogP contribution is -2.27. The van der Waals surface area contributed by atoms with Crippen LogP contribution in [0, 0.1) is 5.92 Å². The lowest BCUT2D eigenvalue weighted by Gasteiger charge is -2.12. The van der Waals surface area contributed by atoms with E-state index in [1.165, 1.54) is 6.33 Å². The van der Waals surface area contributed by atoms with Crippen LogP contribution in [0.15, 0.2) is 18.7 Å². The Kier molecular flexibility index (Phi) is 4.00. The van der Waals surface area contributed by atoms with Gasteiger partial charge in [0, 0.05) is 0 Å². The monoisotopic (exact) mass is 257 g/mol. The summed E-state index contributed by atoms with van der Waals surface area (Å²) >= 11 is 3.31. The average Bonchev–Trinajstić information content (AvgIpc) is 2.18. The van der Waals surface area contributed by atoms with E-state index in [0.717, 1.165) is 0 Å². The van der Waals surface area contributed by atoms with Gasteiger partial charge >= 0.3 is 0 Å². The van der Waals surface area contributed by atoms with E-state index in [0.29, 0.717) is 5.69 Å². The van der Waals surface area contributed by atoms with Crippen LogP contribution in [0.4, 0.5) is 5.69 Å². The molecule has 0 saturated carbocycles. The van der Waals surface area contributed by atoms with Gasteiger partial charge in [-0.3, -0.25) is 4.79 Å². The van der Waals surface area contributed by atoms with Crippen molar-refractivity contribution in [2.24, 2.45) is 5.92 Å². The normalized spacial score (nSPS) is 12.6. The molecule has 0 spiro atoms. The van der Waals surface area contributed by atoms with Crippen LogP contribution in [-0.4, -0.2) is 20.7 Å². The zero-order valence-corrected chi connectivity index (χ0v) is 9.65. The summed E-state index contributed by atoms with van der Waals surface area (Å²) < 4.78 is 0. The summed E-state index contributed by atoms with van der Waals surface area (Å²) in [4.78, 5) is 18.9. The number of alkyl halides is 1. The molecule has 1 N–H and O–H groups in total. The highest BCUT2D eigenvalue weighted by molar-refractivity contribution is 9.10. The number of halogens is 1. The van der Waals surface area contributed by atoms with Gasteiger partial charge in [-0.25, -0.2) is 9.97 Å². The Morgan fingerprint density at radius 3 is 2.50 bits per heavy atom. The molecule has 0 fully saturated rings. The first-order valence-corrected chi connectivity index (χ1v) is 5.22. The third kappa shape index (κ3) is 3.06. The second kappa shape index (κ2) is 5.05. The molecule has 0 saturated heterocycles. The minimum absolute atomic E-state index is 0.0743. The number of nitrogens with zero attached hydrogens (tertiary/aromatic N) is 2. The molecule has 0 radical (unpaired) electrons. The number of carbonyl (C=O) groups is 1. The van der Waals surface area contributed by atoms with Gasteiger partial charge in [0.15, 0.2) is 0 Å². The maximum atomic E-state index is 11.5. The van der Waals surface area contributed by atoms with E-state index in [2.05, 4.69) is 31.2 Å². The first-order valence-electron chi connectivity index (χ1n) is 4.31. The Labute approximate surface area is 91.3 Å². The van der Waals surface area contributed by atoms with Gasteiger partial charge in [0.05, 0.1) is 22.9 Å². The van der Waals surface area contributed by atoms with Crippen molar-refractivity contribution in [3.63, 3.8) is 0 Å². The molecule has 14 heavy (non-hydrogen) atoms. The predicted octanol–water partition coefficient (Wildman–Crippen LogP) is 1.83. The molecule has 0 bridgehead atoms. The Hall–Kier alpha value is -0.970. The number of hydrogen-bond acceptors (Lipinski definition) is 3. The van der Waals surface area contributed by atoms with Crippen molar-refractivity contribution in [1.29, 1.82) is 0 Å². The molecule has 1 aromatic rings. The number of carbonyl (C=O) groups excluding carboxylic acids is 1. The third-order valence-electron chi connectivity index (χ3n) is 1.66. The van der Waals surface area contributed by atoms with Crippen molar-refractivity contribution < 1.29 is 4.79 Å². The highest BCUT2D eigenvalue weighted by Crippen LogP contribution is 2.14. The van der Waals surface area contributed by atoms with Gasteiger partial charge in [0.25, 0.3) is 0 Å². The number of anilines is 1. The lowest BCUT2D eigenvalue weighted by atomic mass is 10.1. The fourth-order valence-corrected chi connectivity index (χ4v) is 0.992. The molecule has 1 atom stereocenters. The van der Waals surface area contributed by atoms with Crippen molar-refractivity contribution >= 4 is 27.5 Å². The lowest BCUT2D eigenvalue weighted by molar-refractivity contribution is -0.116. The predicted molar refractivity (Wildman–Crippen MR) is 58.2 cm³/mol. The fraction of sp³-hybridized carbons (Fsp3) is 0.444. The summed E-state index contributed by atoms with van der Waals surface area (Å²) in [5.41, 5.74) is 0.614. The van der Waals surface area contributed by atoms with Crippen LogP contribution in [0.2, 0.25) is 0 Å². The van der Waals surface area contributed by atoms with Gasteiger partial charge in [0.2, 0.25) is 5.91 Å². The van der Waals surface area contributed by atoms with Crippen molar-refractivity contribution in [2.75, 3.05) is 5.32 Å². The molecule has 4 nitrogen and oxygen atoms in total. The molecule has 1 aromatic heterocycles. The first-order chi connectivity index (χ1) is 6.61. The Morgan fingerprint density at radius 1 is 1.43 bits per heavy atom. The smallest absolute Gasteiger partial charge is 0.238 e. The van der Waals surface area contributed by atoms with E-state index < -0.39 is 0 Å². The largest absolute Gasteiger partial charge is 0.322 e. The van der Waals surface area contributed by atoms with Gasteiger partial charge in [-0.1, -0.05) is 29.8 Å². The van der Waals surface area contributed by atoms with Gasteiger partial charge in [-0.15, -0.1) is 0 Å². The zero-order chi connectivity index (χ0) is 10.6. The minimum Gasteiger partial charge on any atom is -0.322 e. The number of hydrogen-bond donors (Lipinski definition) is 1. The van der Waals surface area contributed by atoms with E-state index in [4.69, 9.17) is 0 Å². The Balaban J connectivity index is 2.58. The molecular weight excluding hydrogens is 246 g/mol. The van der Waals surface area contributed by atoms with Gasteiger partial charge in [-0.05, 0) is 5.92 Å². The van der Waals surface area contributed by atoms with Crippen LogP contribution in [0.1, 0.15) is 13.8 Å².